The van der Waals surface area contributed by atoms with Gasteiger partial charge in [-0.15, -0.1) is 0 Å². The molecule has 126 valence electrons. The first-order chi connectivity index (χ1) is 11.4. The lowest BCUT2D eigenvalue weighted by atomic mass is 9.73. The van der Waals surface area contributed by atoms with Crippen molar-refractivity contribution in [2.75, 3.05) is 0 Å². The van der Waals surface area contributed by atoms with Crippen LogP contribution in [0.2, 0.25) is 0 Å². The number of halogens is 3. The van der Waals surface area contributed by atoms with Gasteiger partial charge in [-0.05, 0) is 43.0 Å². The van der Waals surface area contributed by atoms with Crippen molar-refractivity contribution >= 4 is 5.91 Å². The molecule has 2 nitrogen and oxygen atoms in total. The highest BCUT2D eigenvalue weighted by Crippen LogP contribution is 2.43. The molecule has 1 saturated carbocycles. The molecule has 24 heavy (non-hydrogen) atoms. The third-order valence-electron chi connectivity index (χ3n) is 4.65. The zero-order valence-corrected chi connectivity index (χ0v) is 13.2. The number of amides is 1. The van der Waals surface area contributed by atoms with Crippen LogP contribution in [0.25, 0.3) is 0 Å². The molecule has 0 saturated heterocycles. The molecule has 0 unspecified atom stereocenters. The minimum atomic E-state index is -4.38. The van der Waals surface area contributed by atoms with Crippen molar-refractivity contribution in [1.82, 2.24) is 5.32 Å². The average molecular weight is 333 g/mol. The van der Waals surface area contributed by atoms with E-state index in [1.807, 2.05) is 19.1 Å². The Hall–Kier alpha value is -2.30. The largest absolute Gasteiger partial charge is 0.416 e. The fourth-order valence-electron chi connectivity index (χ4n) is 3.20. The van der Waals surface area contributed by atoms with Gasteiger partial charge < -0.3 is 5.32 Å². The number of rotatable bonds is 3. The summed E-state index contributed by atoms with van der Waals surface area (Å²) < 4.78 is 39.6. The Morgan fingerprint density at radius 1 is 1.04 bits per heavy atom. The lowest BCUT2D eigenvalue weighted by molar-refractivity contribution is -0.138. The molecule has 1 aliphatic rings. The first-order valence-electron chi connectivity index (χ1n) is 7.90. The molecule has 3 rings (SSSR count). The summed E-state index contributed by atoms with van der Waals surface area (Å²) in [5.41, 5.74) is 1.07. The van der Waals surface area contributed by atoms with Gasteiger partial charge in [0.1, 0.15) is 0 Å². The van der Waals surface area contributed by atoms with Crippen LogP contribution in [0.15, 0.2) is 48.5 Å². The van der Waals surface area contributed by atoms with E-state index in [0.717, 1.165) is 11.6 Å². The molecule has 0 bridgehead atoms. The highest BCUT2D eigenvalue weighted by Gasteiger charge is 2.40. The van der Waals surface area contributed by atoms with Crippen LogP contribution in [-0.2, 0) is 6.18 Å². The van der Waals surface area contributed by atoms with E-state index in [1.54, 1.807) is 18.2 Å². The number of carbonyl (C=O) groups excluding carboxylic acids is 1. The SMILES string of the molecule is Cc1ccccc1C(=O)N[C@H]1CC[C@H]1c1ccccc1C(F)(F)F. The predicted octanol–water partition coefficient (Wildman–Crippen LogP) is 4.69. The number of alkyl halides is 3. The van der Waals surface area contributed by atoms with E-state index in [2.05, 4.69) is 5.32 Å². The fraction of sp³-hybridized carbons (Fsp3) is 0.316. The molecule has 2 aromatic carbocycles. The second-order valence-corrected chi connectivity index (χ2v) is 6.16. The van der Waals surface area contributed by atoms with Gasteiger partial charge in [-0.1, -0.05) is 36.4 Å². The highest BCUT2D eigenvalue weighted by atomic mass is 19.4. The molecule has 2 aromatic rings. The van der Waals surface area contributed by atoms with Gasteiger partial charge in [0, 0.05) is 17.5 Å². The molecule has 0 aliphatic heterocycles. The zero-order valence-electron chi connectivity index (χ0n) is 13.2. The topological polar surface area (TPSA) is 29.1 Å². The van der Waals surface area contributed by atoms with E-state index in [9.17, 15) is 18.0 Å². The molecule has 0 heterocycles. The van der Waals surface area contributed by atoms with Crippen molar-refractivity contribution in [3.8, 4) is 0 Å². The Balaban J connectivity index is 1.79. The third kappa shape index (κ3) is 3.16. The summed E-state index contributed by atoms with van der Waals surface area (Å²) in [4.78, 5) is 12.4. The van der Waals surface area contributed by atoms with Crippen LogP contribution in [-0.4, -0.2) is 11.9 Å². The van der Waals surface area contributed by atoms with Crippen LogP contribution >= 0.6 is 0 Å². The Morgan fingerprint density at radius 3 is 2.33 bits per heavy atom. The second-order valence-electron chi connectivity index (χ2n) is 6.16. The molecular formula is C19H18F3NO. The first kappa shape index (κ1) is 16.6. The molecule has 2 atom stereocenters. The number of hydrogen-bond acceptors (Lipinski definition) is 1. The van der Waals surface area contributed by atoms with E-state index < -0.39 is 11.7 Å². The van der Waals surface area contributed by atoms with E-state index in [4.69, 9.17) is 0 Å². The van der Waals surface area contributed by atoms with Crippen LogP contribution in [0.3, 0.4) is 0 Å². The van der Waals surface area contributed by atoms with Crippen LogP contribution in [0, 0.1) is 6.92 Å². The summed E-state index contributed by atoms with van der Waals surface area (Å²) in [6.07, 6.45) is -3.04. The monoisotopic (exact) mass is 333 g/mol. The van der Waals surface area contributed by atoms with Crippen molar-refractivity contribution in [2.45, 2.75) is 37.9 Å². The van der Waals surface area contributed by atoms with Gasteiger partial charge in [-0.25, -0.2) is 0 Å². The minimum Gasteiger partial charge on any atom is -0.349 e. The van der Waals surface area contributed by atoms with Gasteiger partial charge >= 0.3 is 6.18 Å². The third-order valence-corrected chi connectivity index (χ3v) is 4.65. The summed E-state index contributed by atoms with van der Waals surface area (Å²) in [5, 5.41) is 2.89. The zero-order chi connectivity index (χ0) is 17.3. The maximum Gasteiger partial charge on any atom is 0.416 e. The summed E-state index contributed by atoms with van der Waals surface area (Å²) >= 11 is 0. The first-order valence-corrected chi connectivity index (χ1v) is 7.90. The van der Waals surface area contributed by atoms with E-state index in [1.165, 1.54) is 12.1 Å². The number of carbonyl (C=O) groups is 1. The van der Waals surface area contributed by atoms with Crippen molar-refractivity contribution in [1.29, 1.82) is 0 Å². The second kappa shape index (κ2) is 6.30. The van der Waals surface area contributed by atoms with Crippen molar-refractivity contribution < 1.29 is 18.0 Å². The smallest absolute Gasteiger partial charge is 0.349 e. The molecule has 5 heteroatoms. The Morgan fingerprint density at radius 2 is 1.71 bits per heavy atom. The lowest BCUT2D eigenvalue weighted by Crippen LogP contribution is -2.46. The molecule has 0 aromatic heterocycles. The normalized spacial score (nSPS) is 20.3. The summed E-state index contributed by atoms with van der Waals surface area (Å²) in [5.74, 6) is -0.525. The van der Waals surface area contributed by atoms with Crippen LogP contribution in [0.1, 0.15) is 45.8 Å². The molecular weight excluding hydrogens is 315 g/mol. The van der Waals surface area contributed by atoms with Crippen molar-refractivity contribution in [2.24, 2.45) is 0 Å². The summed E-state index contributed by atoms with van der Waals surface area (Å²) in [6, 6.07) is 12.5. The van der Waals surface area contributed by atoms with Crippen LogP contribution in [0.4, 0.5) is 13.2 Å². The molecule has 1 N–H and O–H groups in total. The molecule has 1 amide bonds. The summed E-state index contributed by atoms with van der Waals surface area (Å²) in [6.45, 7) is 1.84. The van der Waals surface area contributed by atoms with Crippen LogP contribution < -0.4 is 5.32 Å². The van der Waals surface area contributed by atoms with Gasteiger partial charge in [0.15, 0.2) is 0 Å². The number of nitrogens with one attached hydrogen (secondary N) is 1. The van der Waals surface area contributed by atoms with Gasteiger partial charge in [0.2, 0.25) is 0 Å². The van der Waals surface area contributed by atoms with Gasteiger partial charge in [0.05, 0.1) is 5.56 Å². The standard InChI is InChI=1S/C19H18F3NO/c1-12-6-2-3-7-13(12)18(24)23-17-11-10-15(17)14-8-4-5-9-16(14)19(20,21)22/h2-9,15,17H,10-11H2,1H3,(H,23,24)/t15-,17-/m0/s1. The van der Waals surface area contributed by atoms with E-state index in [-0.39, 0.29) is 23.4 Å². The number of benzene rings is 2. The Bertz CT molecular complexity index is 754. The van der Waals surface area contributed by atoms with Crippen molar-refractivity contribution in [3.63, 3.8) is 0 Å². The quantitative estimate of drug-likeness (QED) is 0.867. The lowest BCUT2D eigenvalue weighted by Gasteiger charge is -2.38. The van der Waals surface area contributed by atoms with Crippen LogP contribution in [0.5, 0.6) is 0 Å². The van der Waals surface area contributed by atoms with E-state index in [0.29, 0.717) is 18.4 Å². The van der Waals surface area contributed by atoms with E-state index >= 15 is 0 Å². The molecule has 0 spiro atoms. The Labute approximate surface area is 138 Å². The van der Waals surface area contributed by atoms with Gasteiger partial charge in [-0.3, -0.25) is 4.79 Å². The predicted molar refractivity (Wildman–Crippen MR) is 85.9 cm³/mol. The number of aryl methyl sites for hydroxylation is 1. The van der Waals surface area contributed by atoms with Gasteiger partial charge in [-0.2, -0.15) is 13.2 Å². The van der Waals surface area contributed by atoms with Crippen molar-refractivity contribution in [3.05, 3.63) is 70.8 Å². The maximum atomic E-state index is 13.2. The summed E-state index contributed by atoms with van der Waals surface area (Å²) in [7, 11) is 0. The average Bonchev–Trinajstić information content (AvgIpc) is 2.51. The fourth-order valence-corrected chi connectivity index (χ4v) is 3.20. The minimum absolute atomic E-state index is 0.229. The van der Waals surface area contributed by atoms with Gasteiger partial charge in [0.25, 0.3) is 5.91 Å². The molecule has 1 aliphatic carbocycles. The highest BCUT2D eigenvalue weighted by molar-refractivity contribution is 5.95. The number of hydrogen-bond donors (Lipinski definition) is 1. The molecule has 1 fully saturated rings. The Kier molecular flexibility index (Phi) is 4.35. The molecule has 0 radical (unpaired) electrons. The maximum absolute atomic E-state index is 13.2.